The zero-order valence-corrected chi connectivity index (χ0v) is 15.5. The van der Waals surface area contributed by atoms with Crippen molar-refractivity contribution in [2.24, 2.45) is 0 Å². The predicted octanol–water partition coefficient (Wildman–Crippen LogP) is 6.05. The number of hydrogen-bond acceptors (Lipinski definition) is 4. The van der Waals surface area contributed by atoms with Crippen LogP contribution in [0.3, 0.4) is 0 Å². The van der Waals surface area contributed by atoms with Crippen LogP contribution in [0.15, 0.2) is 29.6 Å². The molecule has 2 aromatic heterocycles. The van der Waals surface area contributed by atoms with Crippen molar-refractivity contribution in [1.82, 2.24) is 9.97 Å². The van der Waals surface area contributed by atoms with Crippen molar-refractivity contribution < 1.29 is 0 Å². The summed E-state index contributed by atoms with van der Waals surface area (Å²) in [5.41, 5.74) is 2.29. The van der Waals surface area contributed by atoms with Crippen LogP contribution < -0.4 is 4.90 Å². The topological polar surface area (TPSA) is 29.0 Å². The molecular formula is C18H17Cl2N3S. The summed E-state index contributed by atoms with van der Waals surface area (Å²) >= 11 is 13.9. The third kappa shape index (κ3) is 3.10. The van der Waals surface area contributed by atoms with Crippen molar-refractivity contribution in [3.8, 4) is 11.1 Å². The lowest BCUT2D eigenvalue weighted by Gasteiger charge is -2.22. The molecule has 1 aliphatic rings. The second-order valence-electron chi connectivity index (χ2n) is 6.05. The molecule has 1 fully saturated rings. The molecule has 24 heavy (non-hydrogen) atoms. The van der Waals surface area contributed by atoms with Crippen molar-refractivity contribution in [2.45, 2.75) is 25.7 Å². The van der Waals surface area contributed by atoms with Crippen LogP contribution in [-0.4, -0.2) is 23.1 Å². The number of aromatic nitrogens is 2. The standard InChI is InChI=1S/C18H17Cl2N3S/c19-13-7-5-12(6-8-13)14-11-24-17-15(14)16(21-18(20)22-17)23-9-3-1-2-4-10-23/h5-8,11H,1-4,9-10H2. The fraction of sp³-hybridized carbons (Fsp3) is 0.333. The summed E-state index contributed by atoms with van der Waals surface area (Å²) in [7, 11) is 0. The Balaban J connectivity index is 1.88. The zero-order chi connectivity index (χ0) is 16.5. The average molecular weight is 378 g/mol. The Morgan fingerprint density at radius 2 is 1.62 bits per heavy atom. The Kier molecular flexibility index (Phi) is 4.61. The average Bonchev–Trinajstić information content (AvgIpc) is 2.81. The number of thiophene rings is 1. The zero-order valence-electron chi connectivity index (χ0n) is 13.1. The van der Waals surface area contributed by atoms with E-state index in [0.29, 0.717) is 5.28 Å². The van der Waals surface area contributed by atoms with Crippen molar-refractivity contribution >= 4 is 50.6 Å². The number of anilines is 1. The Morgan fingerprint density at radius 3 is 2.33 bits per heavy atom. The van der Waals surface area contributed by atoms with Gasteiger partial charge in [-0.1, -0.05) is 36.6 Å². The number of rotatable bonds is 2. The van der Waals surface area contributed by atoms with Crippen LogP contribution in [0.1, 0.15) is 25.7 Å². The molecule has 1 aromatic carbocycles. The van der Waals surface area contributed by atoms with Gasteiger partial charge in [0.1, 0.15) is 10.6 Å². The van der Waals surface area contributed by atoms with Crippen LogP contribution in [0.5, 0.6) is 0 Å². The van der Waals surface area contributed by atoms with E-state index in [0.717, 1.165) is 45.3 Å². The maximum atomic E-state index is 6.20. The minimum absolute atomic E-state index is 0.325. The van der Waals surface area contributed by atoms with Gasteiger partial charge in [-0.25, -0.2) is 4.98 Å². The number of fused-ring (bicyclic) bond motifs is 1. The maximum absolute atomic E-state index is 6.20. The van der Waals surface area contributed by atoms with Crippen LogP contribution in [0.2, 0.25) is 10.3 Å². The summed E-state index contributed by atoms with van der Waals surface area (Å²) in [5.74, 6) is 0.970. The number of nitrogens with zero attached hydrogens (tertiary/aromatic N) is 3. The van der Waals surface area contributed by atoms with E-state index in [1.807, 2.05) is 24.3 Å². The number of halogens is 2. The van der Waals surface area contributed by atoms with Crippen LogP contribution >= 0.6 is 34.5 Å². The first-order valence-electron chi connectivity index (χ1n) is 8.18. The molecule has 0 aliphatic carbocycles. The highest BCUT2D eigenvalue weighted by Gasteiger charge is 2.20. The van der Waals surface area contributed by atoms with E-state index in [1.54, 1.807) is 11.3 Å². The molecule has 1 aliphatic heterocycles. The first-order valence-corrected chi connectivity index (χ1v) is 9.81. The first-order chi connectivity index (χ1) is 11.7. The highest BCUT2D eigenvalue weighted by Crippen LogP contribution is 2.39. The number of benzene rings is 1. The Labute approximate surface area is 155 Å². The van der Waals surface area contributed by atoms with Crippen LogP contribution in [0, 0.1) is 0 Å². The molecule has 1 saturated heterocycles. The second kappa shape index (κ2) is 6.87. The van der Waals surface area contributed by atoms with Gasteiger partial charge < -0.3 is 4.90 Å². The molecule has 6 heteroatoms. The molecule has 0 spiro atoms. The van der Waals surface area contributed by atoms with Gasteiger partial charge in [0.2, 0.25) is 5.28 Å². The highest BCUT2D eigenvalue weighted by molar-refractivity contribution is 7.17. The summed E-state index contributed by atoms with van der Waals surface area (Å²) in [4.78, 5) is 12.4. The molecule has 0 atom stereocenters. The Hall–Kier alpha value is -1.36. The molecule has 3 nitrogen and oxygen atoms in total. The third-order valence-corrected chi connectivity index (χ3v) is 5.74. The van der Waals surface area contributed by atoms with E-state index in [2.05, 4.69) is 20.2 Å². The van der Waals surface area contributed by atoms with Crippen molar-refractivity contribution in [2.75, 3.05) is 18.0 Å². The summed E-state index contributed by atoms with van der Waals surface area (Å²) in [6.07, 6.45) is 4.96. The molecule has 0 amide bonds. The number of hydrogen-bond donors (Lipinski definition) is 0. The normalized spacial score (nSPS) is 15.7. The molecule has 3 aromatic rings. The van der Waals surface area contributed by atoms with E-state index in [4.69, 9.17) is 23.2 Å². The van der Waals surface area contributed by atoms with Gasteiger partial charge in [0.15, 0.2) is 0 Å². The fourth-order valence-electron chi connectivity index (χ4n) is 3.25. The Morgan fingerprint density at radius 1 is 0.917 bits per heavy atom. The largest absolute Gasteiger partial charge is 0.356 e. The van der Waals surface area contributed by atoms with Gasteiger partial charge in [-0.3, -0.25) is 0 Å². The summed E-state index contributed by atoms with van der Waals surface area (Å²) in [6, 6.07) is 7.93. The quantitative estimate of drug-likeness (QED) is 0.509. The minimum Gasteiger partial charge on any atom is -0.356 e. The van der Waals surface area contributed by atoms with Crippen LogP contribution in [0.25, 0.3) is 21.3 Å². The molecule has 4 rings (SSSR count). The molecule has 0 saturated carbocycles. The van der Waals surface area contributed by atoms with E-state index in [9.17, 15) is 0 Å². The lowest BCUT2D eigenvalue weighted by Crippen LogP contribution is -2.25. The molecule has 3 heterocycles. The van der Waals surface area contributed by atoms with E-state index in [1.165, 1.54) is 25.7 Å². The van der Waals surface area contributed by atoms with Crippen molar-refractivity contribution in [3.05, 3.63) is 40.0 Å². The van der Waals surface area contributed by atoms with Gasteiger partial charge in [-0.05, 0) is 42.1 Å². The molecule has 0 radical (unpaired) electrons. The molecule has 124 valence electrons. The molecule has 0 bridgehead atoms. The second-order valence-corrected chi connectivity index (χ2v) is 7.69. The van der Waals surface area contributed by atoms with Crippen molar-refractivity contribution in [1.29, 1.82) is 0 Å². The molecule has 0 N–H and O–H groups in total. The lowest BCUT2D eigenvalue weighted by molar-refractivity contribution is 0.726. The predicted molar refractivity (Wildman–Crippen MR) is 104 cm³/mol. The monoisotopic (exact) mass is 377 g/mol. The smallest absolute Gasteiger partial charge is 0.225 e. The summed E-state index contributed by atoms with van der Waals surface area (Å²) < 4.78 is 0. The maximum Gasteiger partial charge on any atom is 0.225 e. The van der Waals surface area contributed by atoms with E-state index < -0.39 is 0 Å². The van der Waals surface area contributed by atoms with Gasteiger partial charge in [-0.2, -0.15) is 4.98 Å². The molecule has 0 unspecified atom stereocenters. The van der Waals surface area contributed by atoms with E-state index in [-0.39, 0.29) is 0 Å². The first kappa shape index (κ1) is 16.1. The Bertz CT molecular complexity index is 853. The summed E-state index contributed by atoms with van der Waals surface area (Å²) in [6.45, 7) is 2.05. The van der Waals surface area contributed by atoms with Crippen molar-refractivity contribution in [3.63, 3.8) is 0 Å². The lowest BCUT2D eigenvalue weighted by atomic mass is 10.1. The van der Waals surface area contributed by atoms with Gasteiger partial charge in [-0.15, -0.1) is 11.3 Å². The van der Waals surface area contributed by atoms with Crippen LogP contribution in [-0.2, 0) is 0 Å². The fourth-order valence-corrected chi connectivity index (χ4v) is 4.53. The highest BCUT2D eigenvalue weighted by atomic mass is 35.5. The van der Waals surface area contributed by atoms with E-state index >= 15 is 0 Å². The SMILES string of the molecule is Clc1ccc(-c2csc3nc(Cl)nc(N4CCCCCC4)c23)cc1. The van der Waals surface area contributed by atoms with Crippen LogP contribution in [0.4, 0.5) is 5.82 Å². The van der Waals surface area contributed by atoms with Gasteiger partial charge in [0.25, 0.3) is 0 Å². The van der Waals surface area contributed by atoms with Gasteiger partial charge in [0, 0.05) is 29.1 Å². The third-order valence-electron chi connectivity index (χ3n) is 4.45. The van der Waals surface area contributed by atoms with Gasteiger partial charge >= 0.3 is 0 Å². The summed E-state index contributed by atoms with van der Waals surface area (Å²) in [5, 5.41) is 4.31. The molecular weight excluding hydrogens is 361 g/mol. The van der Waals surface area contributed by atoms with Gasteiger partial charge in [0.05, 0.1) is 5.39 Å². The minimum atomic E-state index is 0.325.